The topological polar surface area (TPSA) is 77.5 Å². The summed E-state index contributed by atoms with van der Waals surface area (Å²) in [6, 6.07) is 5.92. The monoisotopic (exact) mass is 394 g/mol. The van der Waals surface area contributed by atoms with Gasteiger partial charge in [-0.1, -0.05) is 6.07 Å². The quantitative estimate of drug-likeness (QED) is 0.806. The van der Waals surface area contributed by atoms with Gasteiger partial charge < -0.3 is 24.8 Å². The summed E-state index contributed by atoms with van der Waals surface area (Å²) in [6.07, 6.45) is 1.67. The Morgan fingerprint density at radius 2 is 2.21 bits per heavy atom. The molecule has 0 radical (unpaired) electrons. The summed E-state index contributed by atoms with van der Waals surface area (Å²) >= 11 is 3.34. The van der Waals surface area contributed by atoms with Gasteiger partial charge in [-0.3, -0.25) is 0 Å². The van der Waals surface area contributed by atoms with E-state index in [0.717, 1.165) is 24.3 Å². The van der Waals surface area contributed by atoms with Crippen molar-refractivity contribution in [2.45, 2.75) is 6.10 Å². The minimum atomic E-state index is 0.0331. The number of hydrogen-bond donors (Lipinski definition) is 2. The number of anilines is 2. The lowest BCUT2D eigenvalue weighted by molar-refractivity contribution is 0.0276. The van der Waals surface area contributed by atoms with E-state index in [4.69, 9.17) is 14.2 Å². The first kappa shape index (κ1) is 16.9. The second kappa shape index (κ2) is 7.78. The highest BCUT2D eigenvalue weighted by Crippen LogP contribution is 2.32. The Bertz CT molecular complexity index is 708. The third kappa shape index (κ3) is 3.77. The highest BCUT2D eigenvalue weighted by molar-refractivity contribution is 9.10. The average Bonchev–Trinajstić information content (AvgIpc) is 2.64. The van der Waals surface area contributed by atoms with Crippen LogP contribution in [0.1, 0.15) is 11.7 Å². The number of aromatic nitrogens is 2. The van der Waals surface area contributed by atoms with Crippen molar-refractivity contribution in [2.75, 3.05) is 39.2 Å². The maximum Gasteiger partial charge on any atom is 0.232 e. The molecule has 1 aliphatic heterocycles. The SMILES string of the molecule is COc1cc(C2CNCCO2)ccc1Nc1ncc(Br)c(OC)n1. The van der Waals surface area contributed by atoms with E-state index >= 15 is 0 Å². The summed E-state index contributed by atoms with van der Waals surface area (Å²) in [7, 11) is 3.19. The van der Waals surface area contributed by atoms with E-state index in [1.807, 2.05) is 18.2 Å². The first-order valence-electron chi connectivity index (χ1n) is 7.55. The van der Waals surface area contributed by atoms with Gasteiger partial charge in [0, 0.05) is 13.1 Å². The van der Waals surface area contributed by atoms with Crippen LogP contribution in [0, 0.1) is 0 Å². The van der Waals surface area contributed by atoms with E-state index in [2.05, 4.69) is 36.5 Å². The Hall–Kier alpha value is -1.90. The van der Waals surface area contributed by atoms with Gasteiger partial charge in [0.1, 0.15) is 5.75 Å². The first-order chi connectivity index (χ1) is 11.7. The highest BCUT2D eigenvalue weighted by atomic mass is 79.9. The molecule has 24 heavy (non-hydrogen) atoms. The van der Waals surface area contributed by atoms with Crippen molar-refractivity contribution >= 4 is 27.6 Å². The van der Waals surface area contributed by atoms with Crippen LogP contribution in [0.5, 0.6) is 11.6 Å². The van der Waals surface area contributed by atoms with Gasteiger partial charge in [0.15, 0.2) is 0 Å². The number of nitrogens with zero attached hydrogens (tertiary/aromatic N) is 2. The molecule has 0 spiro atoms. The Balaban J connectivity index is 1.82. The fourth-order valence-electron chi connectivity index (χ4n) is 2.47. The van der Waals surface area contributed by atoms with Gasteiger partial charge in [0.2, 0.25) is 11.8 Å². The van der Waals surface area contributed by atoms with Crippen LogP contribution >= 0.6 is 15.9 Å². The largest absolute Gasteiger partial charge is 0.495 e. The molecular weight excluding hydrogens is 376 g/mol. The number of ether oxygens (including phenoxy) is 3. The van der Waals surface area contributed by atoms with Crippen molar-refractivity contribution in [2.24, 2.45) is 0 Å². The zero-order chi connectivity index (χ0) is 16.9. The molecule has 128 valence electrons. The molecule has 2 N–H and O–H groups in total. The molecule has 1 aromatic heterocycles. The van der Waals surface area contributed by atoms with Crippen molar-refractivity contribution in [3.63, 3.8) is 0 Å². The van der Waals surface area contributed by atoms with Gasteiger partial charge in [-0.2, -0.15) is 4.98 Å². The van der Waals surface area contributed by atoms with Crippen LogP contribution in [0.15, 0.2) is 28.9 Å². The second-order valence-corrected chi connectivity index (χ2v) is 6.05. The third-order valence-electron chi connectivity index (χ3n) is 3.68. The highest BCUT2D eigenvalue weighted by Gasteiger charge is 2.18. The maximum absolute atomic E-state index is 5.78. The van der Waals surface area contributed by atoms with Crippen LogP contribution in [-0.2, 0) is 4.74 Å². The van der Waals surface area contributed by atoms with E-state index < -0.39 is 0 Å². The number of morpholine rings is 1. The zero-order valence-electron chi connectivity index (χ0n) is 13.5. The second-order valence-electron chi connectivity index (χ2n) is 5.20. The van der Waals surface area contributed by atoms with Gasteiger partial charge in [-0.05, 0) is 33.6 Å². The molecule has 2 aromatic rings. The average molecular weight is 395 g/mol. The van der Waals surface area contributed by atoms with Crippen molar-refractivity contribution in [3.8, 4) is 11.6 Å². The molecular formula is C16H19BrN4O3. The van der Waals surface area contributed by atoms with E-state index in [1.54, 1.807) is 20.4 Å². The number of halogens is 1. The number of methoxy groups -OCH3 is 2. The smallest absolute Gasteiger partial charge is 0.232 e. The molecule has 1 atom stereocenters. The lowest BCUT2D eigenvalue weighted by Crippen LogP contribution is -2.33. The van der Waals surface area contributed by atoms with Crippen molar-refractivity contribution in [1.29, 1.82) is 0 Å². The van der Waals surface area contributed by atoms with Gasteiger partial charge in [0.25, 0.3) is 0 Å². The lowest BCUT2D eigenvalue weighted by atomic mass is 10.1. The molecule has 1 saturated heterocycles. The first-order valence-corrected chi connectivity index (χ1v) is 8.34. The Morgan fingerprint density at radius 3 is 2.92 bits per heavy atom. The lowest BCUT2D eigenvalue weighted by Gasteiger charge is -2.24. The normalized spacial score (nSPS) is 17.4. The summed E-state index contributed by atoms with van der Waals surface area (Å²) in [5.41, 5.74) is 1.84. The van der Waals surface area contributed by atoms with Crippen molar-refractivity contribution < 1.29 is 14.2 Å². The van der Waals surface area contributed by atoms with Gasteiger partial charge in [-0.15, -0.1) is 0 Å². The minimum Gasteiger partial charge on any atom is -0.495 e. The van der Waals surface area contributed by atoms with Crippen molar-refractivity contribution in [3.05, 3.63) is 34.4 Å². The molecule has 3 rings (SSSR count). The molecule has 0 aliphatic carbocycles. The molecule has 1 aromatic carbocycles. The summed E-state index contributed by atoms with van der Waals surface area (Å²) in [6.45, 7) is 2.39. The zero-order valence-corrected chi connectivity index (χ0v) is 15.1. The van der Waals surface area contributed by atoms with Crippen LogP contribution < -0.4 is 20.1 Å². The van der Waals surface area contributed by atoms with Crippen LogP contribution in [0.2, 0.25) is 0 Å². The minimum absolute atomic E-state index is 0.0331. The Kier molecular flexibility index (Phi) is 5.49. The van der Waals surface area contributed by atoms with E-state index in [1.165, 1.54) is 0 Å². The number of rotatable bonds is 5. The molecule has 2 heterocycles. The number of benzene rings is 1. The molecule has 0 bridgehead atoms. The maximum atomic E-state index is 5.78. The molecule has 8 heteroatoms. The predicted octanol–water partition coefficient (Wildman–Crippen LogP) is 2.66. The van der Waals surface area contributed by atoms with Crippen LogP contribution in [0.25, 0.3) is 0 Å². The fraction of sp³-hybridized carbons (Fsp3) is 0.375. The number of nitrogens with one attached hydrogen (secondary N) is 2. The molecule has 1 fully saturated rings. The molecule has 0 saturated carbocycles. The van der Waals surface area contributed by atoms with Crippen LogP contribution in [0.3, 0.4) is 0 Å². The van der Waals surface area contributed by atoms with Crippen LogP contribution in [0.4, 0.5) is 11.6 Å². The summed E-state index contributed by atoms with van der Waals surface area (Å²) in [4.78, 5) is 8.52. The van der Waals surface area contributed by atoms with Crippen LogP contribution in [-0.4, -0.2) is 43.9 Å². The summed E-state index contributed by atoms with van der Waals surface area (Å²) in [5.74, 6) is 1.59. The molecule has 7 nitrogen and oxygen atoms in total. The Morgan fingerprint density at radius 1 is 1.33 bits per heavy atom. The fourth-order valence-corrected chi connectivity index (χ4v) is 2.82. The predicted molar refractivity (Wildman–Crippen MR) is 94.1 cm³/mol. The third-order valence-corrected chi connectivity index (χ3v) is 4.22. The van der Waals surface area contributed by atoms with Gasteiger partial charge in [-0.25, -0.2) is 4.98 Å². The van der Waals surface area contributed by atoms with E-state index in [9.17, 15) is 0 Å². The number of hydrogen-bond acceptors (Lipinski definition) is 7. The standard InChI is InChI=1S/C16H19BrN4O3/c1-22-13-7-10(14-9-18-5-6-24-14)3-4-12(13)20-16-19-8-11(17)15(21-16)23-2/h3-4,7-8,14,18H,5-6,9H2,1-2H3,(H,19,20,21). The van der Waals surface area contributed by atoms with Crippen molar-refractivity contribution in [1.82, 2.24) is 15.3 Å². The van der Waals surface area contributed by atoms with Gasteiger partial charge >= 0.3 is 0 Å². The molecule has 1 aliphatic rings. The summed E-state index contributed by atoms with van der Waals surface area (Å²) in [5, 5.41) is 6.47. The molecule has 1 unspecified atom stereocenters. The summed E-state index contributed by atoms with van der Waals surface area (Å²) < 4.78 is 17.2. The molecule has 0 amide bonds. The van der Waals surface area contributed by atoms with Gasteiger partial charge in [0.05, 0.1) is 43.3 Å². The van der Waals surface area contributed by atoms with E-state index in [0.29, 0.717) is 28.7 Å². The van der Waals surface area contributed by atoms with E-state index in [-0.39, 0.29) is 6.10 Å². The Labute approximate surface area is 148 Å².